The zero-order valence-electron chi connectivity index (χ0n) is 8.29. The smallest absolute Gasteiger partial charge is 0.231 e. The van der Waals surface area contributed by atoms with E-state index in [1.807, 2.05) is 6.92 Å². The van der Waals surface area contributed by atoms with Gasteiger partial charge in [-0.3, -0.25) is 0 Å². The molecule has 1 aromatic carbocycles. The van der Waals surface area contributed by atoms with Crippen LogP contribution in [-0.4, -0.2) is 18.5 Å². The Labute approximate surface area is 96.1 Å². The number of aliphatic hydroxyl groups excluding tert-OH is 1. The van der Waals surface area contributed by atoms with Gasteiger partial charge < -0.3 is 20.3 Å². The van der Waals surface area contributed by atoms with Gasteiger partial charge in [0.15, 0.2) is 11.5 Å². The molecule has 1 aromatic rings. The summed E-state index contributed by atoms with van der Waals surface area (Å²) in [5, 5.41) is 9.03. The fourth-order valence-electron chi connectivity index (χ4n) is 1.58. The van der Waals surface area contributed by atoms with E-state index in [-0.39, 0.29) is 13.4 Å². The maximum atomic E-state index is 9.03. The minimum absolute atomic E-state index is 0.0995. The number of ether oxygens (including phenoxy) is 2. The molecule has 1 atom stereocenters. The molecule has 0 aromatic heterocycles. The average molecular weight is 274 g/mol. The maximum absolute atomic E-state index is 9.03. The van der Waals surface area contributed by atoms with Crippen molar-refractivity contribution in [3.05, 3.63) is 21.7 Å². The SMILES string of the molecule is Cc1c(Br)c(C(N)CO)cc2c1OCO2. The van der Waals surface area contributed by atoms with Crippen molar-refractivity contribution in [1.82, 2.24) is 0 Å². The molecule has 2 rings (SSSR count). The Kier molecular flexibility index (Phi) is 2.86. The highest BCUT2D eigenvalue weighted by Crippen LogP contribution is 2.42. The van der Waals surface area contributed by atoms with Gasteiger partial charge in [0.2, 0.25) is 6.79 Å². The van der Waals surface area contributed by atoms with Crippen molar-refractivity contribution in [2.45, 2.75) is 13.0 Å². The van der Waals surface area contributed by atoms with Crippen molar-refractivity contribution in [1.29, 1.82) is 0 Å². The van der Waals surface area contributed by atoms with Gasteiger partial charge in [-0.05, 0) is 18.6 Å². The van der Waals surface area contributed by atoms with Crippen molar-refractivity contribution in [3.8, 4) is 11.5 Å². The van der Waals surface area contributed by atoms with Crippen molar-refractivity contribution in [3.63, 3.8) is 0 Å². The van der Waals surface area contributed by atoms with Crippen molar-refractivity contribution in [2.75, 3.05) is 13.4 Å². The largest absolute Gasteiger partial charge is 0.454 e. The summed E-state index contributed by atoms with van der Waals surface area (Å²) < 4.78 is 11.5. The highest BCUT2D eigenvalue weighted by atomic mass is 79.9. The normalized spacial score (nSPS) is 15.5. The molecular formula is C10H12BrNO3. The van der Waals surface area contributed by atoms with Crippen LogP contribution < -0.4 is 15.2 Å². The molecule has 1 aliphatic rings. The van der Waals surface area contributed by atoms with Crippen LogP contribution in [0.3, 0.4) is 0 Å². The molecule has 0 saturated carbocycles. The molecule has 0 spiro atoms. The molecule has 15 heavy (non-hydrogen) atoms. The third-order valence-corrected chi connectivity index (χ3v) is 3.50. The standard InChI is InChI=1S/C10H12BrNO3/c1-5-9(11)6(7(12)3-13)2-8-10(5)15-4-14-8/h2,7,13H,3-4,12H2,1H3. The second kappa shape index (κ2) is 4.00. The molecule has 0 fully saturated rings. The number of rotatable bonds is 2. The summed E-state index contributed by atoms with van der Waals surface area (Å²) in [4.78, 5) is 0. The maximum Gasteiger partial charge on any atom is 0.231 e. The molecule has 0 saturated heterocycles. The Balaban J connectivity index is 2.54. The van der Waals surface area contributed by atoms with Crippen LogP contribution in [0.4, 0.5) is 0 Å². The second-order valence-corrected chi connectivity index (χ2v) is 4.22. The highest BCUT2D eigenvalue weighted by Gasteiger charge is 2.22. The van der Waals surface area contributed by atoms with Gasteiger partial charge in [-0.1, -0.05) is 15.9 Å². The van der Waals surface area contributed by atoms with Crippen LogP contribution in [0.1, 0.15) is 17.2 Å². The number of halogens is 1. The summed E-state index contributed by atoms with van der Waals surface area (Å²) in [6.07, 6.45) is 0. The second-order valence-electron chi connectivity index (χ2n) is 3.43. The van der Waals surface area contributed by atoms with Gasteiger partial charge in [0.25, 0.3) is 0 Å². The van der Waals surface area contributed by atoms with Crippen LogP contribution in [0.25, 0.3) is 0 Å². The topological polar surface area (TPSA) is 64.7 Å². The van der Waals surface area contributed by atoms with Crippen LogP contribution in [0.15, 0.2) is 10.5 Å². The van der Waals surface area contributed by atoms with Gasteiger partial charge in [-0.2, -0.15) is 0 Å². The summed E-state index contributed by atoms with van der Waals surface area (Å²) in [6.45, 7) is 2.06. The monoisotopic (exact) mass is 273 g/mol. The van der Waals surface area contributed by atoms with E-state index in [1.165, 1.54) is 0 Å². The number of hydrogen-bond donors (Lipinski definition) is 2. The minimum Gasteiger partial charge on any atom is -0.454 e. The van der Waals surface area contributed by atoms with E-state index in [1.54, 1.807) is 6.07 Å². The van der Waals surface area contributed by atoms with Crippen LogP contribution >= 0.6 is 15.9 Å². The quantitative estimate of drug-likeness (QED) is 0.857. The molecule has 82 valence electrons. The number of fused-ring (bicyclic) bond motifs is 1. The third-order valence-electron chi connectivity index (χ3n) is 2.45. The molecule has 0 aliphatic carbocycles. The summed E-state index contributed by atoms with van der Waals surface area (Å²) in [7, 11) is 0. The Morgan fingerprint density at radius 1 is 1.60 bits per heavy atom. The fourth-order valence-corrected chi connectivity index (χ4v) is 2.17. The van der Waals surface area contributed by atoms with E-state index in [0.29, 0.717) is 5.75 Å². The Morgan fingerprint density at radius 2 is 2.33 bits per heavy atom. The van der Waals surface area contributed by atoms with Gasteiger partial charge in [-0.15, -0.1) is 0 Å². The first kappa shape index (κ1) is 10.7. The lowest BCUT2D eigenvalue weighted by molar-refractivity contribution is 0.173. The van der Waals surface area contributed by atoms with Crippen LogP contribution in [-0.2, 0) is 0 Å². The lowest BCUT2D eigenvalue weighted by Gasteiger charge is -2.14. The summed E-state index contributed by atoms with van der Waals surface area (Å²) in [6, 6.07) is 1.40. The van der Waals surface area contributed by atoms with Gasteiger partial charge in [0, 0.05) is 10.0 Å². The Morgan fingerprint density at radius 3 is 3.00 bits per heavy atom. The highest BCUT2D eigenvalue weighted by molar-refractivity contribution is 9.10. The van der Waals surface area contributed by atoms with Crippen molar-refractivity contribution in [2.24, 2.45) is 5.73 Å². The molecule has 5 heteroatoms. The molecule has 0 bridgehead atoms. The molecule has 4 nitrogen and oxygen atoms in total. The van der Waals surface area contributed by atoms with Crippen LogP contribution in [0, 0.1) is 6.92 Å². The minimum atomic E-state index is -0.410. The summed E-state index contributed by atoms with van der Waals surface area (Å²) in [5.41, 5.74) is 7.56. The molecule has 1 unspecified atom stereocenters. The molecule has 1 heterocycles. The lowest BCUT2D eigenvalue weighted by atomic mass is 10.0. The first-order valence-corrected chi connectivity index (χ1v) is 5.39. The predicted molar refractivity (Wildman–Crippen MR) is 59.0 cm³/mol. The summed E-state index contributed by atoms with van der Waals surface area (Å²) >= 11 is 3.45. The molecule has 3 N–H and O–H groups in total. The zero-order valence-corrected chi connectivity index (χ0v) is 9.87. The van der Waals surface area contributed by atoms with Gasteiger partial charge in [0.1, 0.15) is 0 Å². The first-order valence-electron chi connectivity index (χ1n) is 4.60. The Hall–Kier alpha value is -0.780. The third kappa shape index (κ3) is 1.71. The fraction of sp³-hybridized carbons (Fsp3) is 0.400. The molecule has 0 radical (unpaired) electrons. The summed E-state index contributed by atoms with van der Waals surface area (Å²) in [5.74, 6) is 1.44. The van der Waals surface area contributed by atoms with E-state index in [0.717, 1.165) is 21.3 Å². The van der Waals surface area contributed by atoms with Crippen molar-refractivity contribution < 1.29 is 14.6 Å². The Bertz CT molecular complexity index is 395. The van der Waals surface area contributed by atoms with Gasteiger partial charge in [-0.25, -0.2) is 0 Å². The van der Waals surface area contributed by atoms with E-state index in [2.05, 4.69) is 15.9 Å². The van der Waals surface area contributed by atoms with E-state index < -0.39 is 6.04 Å². The van der Waals surface area contributed by atoms with Crippen molar-refractivity contribution >= 4 is 15.9 Å². The van der Waals surface area contributed by atoms with E-state index in [4.69, 9.17) is 20.3 Å². The van der Waals surface area contributed by atoms with E-state index in [9.17, 15) is 0 Å². The number of aliphatic hydroxyl groups is 1. The zero-order chi connectivity index (χ0) is 11.0. The molecule has 0 amide bonds. The van der Waals surface area contributed by atoms with Gasteiger partial charge in [0.05, 0.1) is 12.6 Å². The lowest BCUT2D eigenvalue weighted by Crippen LogP contribution is -2.15. The van der Waals surface area contributed by atoms with Crippen LogP contribution in [0.2, 0.25) is 0 Å². The number of nitrogens with two attached hydrogens (primary N) is 1. The average Bonchev–Trinajstić information content (AvgIpc) is 2.70. The first-order chi connectivity index (χ1) is 7.15. The molecule has 1 aliphatic heterocycles. The van der Waals surface area contributed by atoms with E-state index >= 15 is 0 Å². The number of benzene rings is 1. The van der Waals surface area contributed by atoms with Crippen LogP contribution in [0.5, 0.6) is 11.5 Å². The number of hydrogen-bond acceptors (Lipinski definition) is 4. The predicted octanol–water partition coefficient (Wildman–Crippen LogP) is 1.48. The molecular weight excluding hydrogens is 262 g/mol. The van der Waals surface area contributed by atoms with Gasteiger partial charge >= 0.3 is 0 Å².